The number of anilines is 1. The largest absolute Gasteiger partial charge is 0.459 e. The Hall–Kier alpha value is -2.07. The summed E-state index contributed by atoms with van der Waals surface area (Å²) in [6, 6.07) is 4.40. The van der Waals surface area contributed by atoms with E-state index in [1.165, 1.54) is 39.0 Å². The molecule has 150 valence electrons. The Morgan fingerprint density at radius 2 is 1.78 bits per heavy atom. The van der Waals surface area contributed by atoms with Crippen molar-refractivity contribution in [3.05, 3.63) is 29.5 Å². The van der Waals surface area contributed by atoms with Crippen LogP contribution in [0.25, 0.3) is 10.9 Å². The van der Waals surface area contributed by atoms with Crippen LogP contribution in [0.5, 0.6) is 0 Å². The lowest BCUT2D eigenvalue weighted by Crippen LogP contribution is -2.17. The number of sulfonamides is 1. The number of carbonyl (C=O) groups excluding carboxylic acids is 1. The quantitative estimate of drug-likeness (QED) is 0.694. The van der Waals surface area contributed by atoms with E-state index < -0.39 is 26.0 Å². The molecule has 0 aliphatic rings. The highest BCUT2D eigenvalue weighted by Gasteiger charge is 2.27. The second kappa shape index (κ2) is 7.51. The predicted octanol–water partition coefficient (Wildman–Crippen LogP) is 2.47. The number of rotatable bonds is 7. The van der Waals surface area contributed by atoms with Gasteiger partial charge in [0.15, 0.2) is 0 Å². The van der Waals surface area contributed by atoms with Crippen LogP contribution in [0.4, 0.5) is 5.69 Å². The van der Waals surface area contributed by atoms with Gasteiger partial charge in [0.05, 0.1) is 28.7 Å². The Balaban J connectivity index is 2.80. The molecule has 0 aliphatic carbocycles. The molecule has 0 unspecified atom stereocenters. The minimum Gasteiger partial charge on any atom is -0.459 e. The standard InChI is InChI=1S/C17H24N2O6S2/c1-6-26(21,22)18-13-8-9-15-14(10-13)16(17(20)25-11(3)4)12(5)19(15)27(23,24)7-2/h8-11,18H,6-7H2,1-5H3. The second-order valence-corrected chi connectivity index (χ2v) is 10.4. The molecule has 0 fully saturated rings. The van der Waals surface area contributed by atoms with E-state index in [-0.39, 0.29) is 34.6 Å². The average molecular weight is 417 g/mol. The van der Waals surface area contributed by atoms with E-state index in [0.717, 1.165) is 3.97 Å². The van der Waals surface area contributed by atoms with Crippen molar-refractivity contribution in [2.45, 2.75) is 40.7 Å². The minimum absolute atomic E-state index is 0.105. The Morgan fingerprint density at radius 3 is 2.30 bits per heavy atom. The molecule has 0 saturated carbocycles. The van der Waals surface area contributed by atoms with Crippen LogP contribution in [0.2, 0.25) is 0 Å². The third-order valence-electron chi connectivity index (χ3n) is 3.99. The molecule has 0 bridgehead atoms. The van der Waals surface area contributed by atoms with E-state index in [4.69, 9.17) is 4.74 Å². The van der Waals surface area contributed by atoms with Crippen LogP contribution in [0.3, 0.4) is 0 Å². The first-order valence-corrected chi connectivity index (χ1v) is 11.8. The molecule has 8 nitrogen and oxygen atoms in total. The van der Waals surface area contributed by atoms with Crippen molar-refractivity contribution in [1.29, 1.82) is 0 Å². The highest BCUT2D eigenvalue weighted by molar-refractivity contribution is 7.92. The lowest BCUT2D eigenvalue weighted by Gasteiger charge is -2.09. The molecule has 0 saturated heterocycles. The molecule has 1 aromatic heterocycles. The van der Waals surface area contributed by atoms with Crippen LogP contribution in [-0.2, 0) is 24.8 Å². The molecule has 1 heterocycles. The normalized spacial score (nSPS) is 12.5. The maximum atomic E-state index is 12.6. The van der Waals surface area contributed by atoms with Gasteiger partial charge in [-0.15, -0.1) is 0 Å². The summed E-state index contributed by atoms with van der Waals surface area (Å²) in [6.45, 7) is 7.92. The number of esters is 1. The summed E-state index contributed by atoms with van der Waals surface area (Å²) in [4.78, 5) is 12.6. The van der Waals surface area contributed by atoms with Crippen molar-refractivity contribution in [3.63, 3.8) is 0 Å². The number of aromatic nitrogens is 1. The second-order valence-electron chi connectivity index (χ2n) is 6.32. The van der Waals surface area contributed by atoms with Crippen molar-refractivity contribution >= 4 is 42.6 Å². The number of fused-ring (bicyclic) bond motifs is 1. The molecular formula is C17H24N2O6S2. The van der Waals surface area contributed by atoms with Gasteiger partial charge in [0.2, 0.25) is 20.0 Å². The van der Waals surface area contributed by atoms with Gasteiger partial charge >= 0.3 is 5.97 Å². The van der Waals surface area contributed by atoms with Crippen molar-refractivity contribution in [2.75, 3.05) is 16.2 Å². The Labute approximate surface area is 159 Å². The van der Waals surface area contributed by atoms with E-state index in [0.29, 0.717) is 10.9 Å². The molecule has 2 rings (SSSR count). The first-order chi connectivity index (χ1) is 12.4. The number of benzene rings is 1. The zero-order valence-corrected chi connectivity index (χ0v) is 17.6. The van der Waals surface area contributed by atoms with Crippen LogP contribution in [0.15, 0.2) is 18.2 Å². The fraction of sp³-hybridized carbons (Fsp3) is 0.471. The van der Waals surface area contributed by atoms with E-state index in [9.17, 15) is 21.6 Å². The number of carbonyl (C=O) groups is 1. The highest BCUT2D eigenvalue weighted by atomic mass is 32.2. The summed E-state index contributed by atoms with van der Waals surface area (Å²) < 4.78 is 57.6. The summed E-state index contributed by atoms with van der Waals surface area (Å²) in [5.74, 6) is -0.925. The van der Waals surface area contributed by atoms with Crippen molar-refractivity contribution in [1.82, 2.24) is 3.97 Å². The SMILES string of the molecule is CCS(=O)(=O)Nc1ccc2c(c1)c(C(=O)OC(C)C)c(C)n2S(=O)(=O)CC. The zero-order valence-electron chi connectivity index (χ0n) is 15.9. The van der Waals surface area contributed by atoms with Crippen molar-refractivity contribution < 1.29 is 26.4 Å². The maximum absolute atomic E-state index is 12.6. The summed E-state index contributed by atoms with van der Waals surface area (Å²) in [5, 5.41) is 0.312. The van der Waals surface area contributed by atoms with Gasteiger partial charge in [-0.1, -0.05) is 0 Å². The number of nitrogens with one attached hydrogen (secondary N) is 1. The highest BCUT2D eigenvalue weighted by Crippen LogP contribution is 2.31. The van der Waals surface area contributed by atoms with Gasteiger partial charge in [0.25, 0.3) is 0 Å². The van der Waals surface area contributed by atoms with E-state index in [2.05, 4.69) is 4.72 Å². The Kier molecular flexibility index (Phi) is 5.91. The molecule has 0 spiro atoms. The van der Waals surface area contributed by atoms with Crippen LogP contribution in [0, 0.1) is 6.92 Å². The molecule has 0 aliphatic heterocycles. The molecule has 0 radical (unpaired) electrons. The maximum Gasteiger partial charge on any atom is 0.340 e. The van der Waals surface area contributed by atoms with Gasteiger partial charge in [0, 0.05) is 16.8 Å². The third-order valence-corrected chi connectivity index (χ3v) is 7.06. The lowest BCUT2D eigenvalue weighted by molar-refractivity contribution is 0.0379. The van der Waals surface area contributed by atoms with Gasteiger partial charge in [-0.05, 0) is 52.8 Å². The van der Waals surface area contributed by atoms with Gasteiger partial charge in [0.1, 0.15) is 0 Å². The van der Waals surface area contributed by atoms with Gasteiger partial charge in [-0.2, -0.15) is 0 Å². The van der Waals surface area contributed by atoms with E-state index in [1.54, 1.807) is 13.8 Å². The molecular weight excluding hydrogens is 392 g/mol. The zero-order chi connectivity index (χ0) is 20.6. The van der Waals surface area contributed by atoms with Crippen molar-refractivity contribution in [3.8, 4) is 0 Å². The molecule has 27 heavy (non-hydrogen) atoms. The van der Waals surface area contributed by atoms with Crippen LogP contribution in [0.1, 0.15) is 43.7 Å². The molecule has 0 atom stereocenters. The fourth-order valence-electron chi connectivity index (χ4n) is 2.72. The van der Waals surface area contributed by atoms with Crippen LogP contribution < -0.4 is 4.72 Å². The average Bonchev–Trinajstić information content (AvgIpc) is 2.85. The number of hydrogen-bond acceptors (Lipinski definition) is 6. The molecule has 2 aromatic rings. The Morgan fingerprint density at radius 1 is 1.15 bits per heavy atom. The van der Waals surface area contributed by atoms with E-state index in [1.807, 2.05) is 0 Å². The van der Waals surface area contributed by atoms with Gasteiger partial charge in [-0.3, -0.25) is 4.72 Å². The number of nitrogens with zero attached hydrogens (tertiary/aromatic N) is 1. The smallest absolute Gasteiger partial charge is 0.340 e. The van der Waals surface area contributed by atoms with E-state index >= 15 is 0 Å². The number of hydrogen-bond donors (Lipinski definition) is 1. The van der Waals surface area contributed by atoms with Crippen LogP contribution in [-0.4, -0.2) is 44.4 Å². The molecule has 0 amide bonds. The summed E-state index contributed by atoms with van der Waals surface area (Å²) in [6.07, 6.45) is -0.389. The minimum atomic E-state index is -3.68. The Bertz CT molecular complexity index is 1080. The fourth-order valence-corrected chi connectivity index (χ4v) is 4.58. The monoisotopic (exact) mass is 416 g/mol. The number of ether oxygens (including phenoxy) is 1. The molecule has 10 heteroatoms. The molecule has 1 aromatic carbocycles. The molecule has 1 N–H and O–H groups in total. The third kappa shape index (κ3) is 4.27. The van der Waals surface area contributed by atoms with Crippen LogP contribution >= 0.6 is 0 Å². The lowest BCUT2D eigenvalue weighted by atomic mass is 10.1. The van der Waals surface area contributed by atoms with Crippen molar-refractivity contribution in [2.24, 2.45) is 0 Å². The first kappa shape index (κ1) is 21.2. The van der Waals surface area contributed by atoms with Gasteiger partial charge < -0.3 is 4.74 Å². The summed E-state index contributed by atoms with van der Waals surface area (Å²) in [5.41, 5.74) is 0.875. The predicted molar refractivity (Wildman–Crippen MR) is 105 cm³/mol. The first-order valence-electron chi connectivity index (χ1n) is 8.53. The topological polar surface area (TPSA) is 112 Å². The summed E-state index contributed by atoms with van der Waals surface area (Å²) in [7, 11) is -7.20. The summed E-state index contributed by atoms with van der Waals surface area (Å²) >= 11 is 0. The van der Waals surface area contributed by atoms with Gasteiger partial charge in [-0.25, -0.2) is 25.6 Å².